The van der Waals surface area contributed by atoms with E-state index in [1.165, 1.54) is 0 Å². The van der Waals surface area contributed by atoms with Gasteiger partial charge in [0.15, 0.2) is 5.82 Å². The fourth-order valence-corrected chi connectivity index (χ4v) is 2.88. The van der Waals surface area contributed by atoms with E-state index in [0.717, 1.165) is 15.4 Å². The molecule has 2 aromatic carbocycles. The van der Waals surface area contributed by atoms with Gasteiger partial charge in [-0.15, -0.1) is 0 Å². The number of pyridine rings is 1. The maximum absolute atomic E-state index is 10.1. The zero-order valence-corrected chi connectivity index (χ0v) is 14.1. The fourth-order valence-electron chi connectivity index (χ4n) is 2.52. The summed E-state index contributed by atoms with van der Waals surface area (Å²) < 4.78 is 0.879. The zero-order chi connectivity index (χ0) is 16.5. The van der Waals surface area contributed by atoms with E-state index in [0.29, 0.717) is 22.8 Å². The Morgan fingerprint density at radius 1 is 0.833 bits per heavy atom. The highest BCUT2D eigenvalue weighted by Gasteiger charge is 2.10. The SMILES string of the molecule is Oc1ccc(Br)cc1-c1cccc(-c2ncc3ccccc3n2)n1. The number of hydrogen-bond donors (Lipinski definition) is 1. The molecule has 5 heteroatoms. The molecule has 1 N–H and O–H groups in total. The van der Waals surface area contributed by atoms with Crippen molar-refractivity contribution in [2.45, 2.75) is 0 Å². The van der Waals surface area contributed by atoms with Crippen LogP contribution in [0.25, 0.3) is 33.7 Å². The van der Waals surface area contributed by atoms with Crippen molar-refractivity contribution in [1.29, 1.82) is 0 Å². The van der Waals surface area contributed by atoms with Gasteiger partial charge in [0, 0.05) is 21.6 Å². The molecule has 0 atom stereocenters. The topological polar surface area (TPSA) is 58.9 Å². The molecule has 0 spiro atoms. The second-order valence-corrected chi connectivity index (χ2v) is 6.24. The van der Waals surface area contributed by atoms with Crippen molar-refractivity contribution in [2.24, 2.45) is 0 Å². The first kappa shape index (κ1) is 14.8. The number of fused-ring (bicyclic) bond motifs is 1. The minimum atomic E-state index is 0.183. The molecule has 0 radical (unpaired) electrons. The normalized spacial score (nSPS) is 10.9. The zero-order valence-electron chi connectivity index (χ0n) is 12.5. The number of aromatic nitrogens is 3. The molecule has 0 amide bonds. The van der Waals surface area contributed by atoms with Crippen molar-refractivity contribution >= 4 is 26.8 Å². The summed E-state index contributed by atoms with van der Waals surface area (Å²) in [5, 5.41) is 11.1. The van der Waals surface area contributed by atoms with Crippen LogP contribution in [0, 0.1) is 0 Å². The number of halogens is 1. The second-order valence-electron chi connectivity index (χ2n) is 5.32. The summed E-state index contributed by atoms with van der Waals surface area (Å²) in [5.41, 5.74) is 2.87. The van der Waals surface area contributed by atoms with Gasteiger partial charge in [0.1, 0.15) is 11.4 Å². The molecule has 2 aromatic heterocycles. The Morgan fingerprint density at radius 3 is 2.58 bits per heavy atom. The summed E-state index contributed by atoms with van der Waals surface area (Å²) in [4.78, 5) is 13.6. The van der Waals surface area contributed by atoms with E-state index >= 15 is 0 Å². The minimum absolute atomic E-state index is 0.183. The number of phenols is 1. The summed E-state index contributed by atoms with van der Waals surface area (Å²) in [7, 11) is 0. The summed E-state index contributed by atoms with van der Waals surface area (Å²) in [5.74, 6) is 0.743. The highest BCUT2D eigenvalue weighted by Crippen LogP contribution is 2.31. The van der Waals surface area contributed by atoms with Gasteiger partial charge in [-0.3, -0.25) is 0 Å². The minimum Gasteiger partial charge on any atom is -0.507 e. The Hall–Kier alpha value is -2.79. The van der Waals surface area contributed by atoms with Crippen LogP contribution in [0.2, 0.25) is 0 Å². The molecule has 24 heavy (non-hydrogen) atoms. The van der Waals surface area contributed by atoms with E-state index < -0.39 is 0 Å². The van der Waals surface area contributed by atoms with Crippen LogP contribution >= 0.6 is 15.9 Å². The summed E-state index contributed by atoms with van der Waals surface area (Å²) in [6.45, 7) is 0. The van der Waals surface area contributed by atoms with E-state index in [-0.39, 0.29) is 5.75 Å². The molecular weight excluding hydrogens is 366 g/mol. The van der Waals surface area contributed by atoms with Crippen LogP contribution in [-0.4, -0.2) is 20.1 Å². The lowest BCUT2D eigenvalue weighted by molar-refractivity contribution is 0.477. The lowest BCUT2D eigenvalue weighted by Crippen LogP contribution is -1.94. The molecule has 0 fully saturated rings. The number of nitrogens with zero attached hydrogens (tertiary/aromatic N) is 3. The number of para-hydroxylation sites is 1. The molecule has 4 rings (SSSR count). The van der Waals surface area contributed by atoms with Gasteiger partial charge in [-0.2, -0.15) is 0 Å². The second kappa shape index (κ2) is 6.02. The molecule has 0 saturated heterocycles. The molecule has 0 aliphatic rings. The average molecular weight is 378 g/mol. The highest BCUT2D eigenvalue weighted by molar-refractivity contribution is 9.10. The predicted molar refractivity (Wildman–Crippen MR) is 97.6 cm³/mol. The van der Waals surface area contributed by atoms with Gasteiger partial charge in [-0.1, -0.05) is 40.2 Å². The van der Waals surface area contributed by atoms with Crippen LogP contribution < -0.4 is 0 Å². The van der Waals surface area contributed by atoms with E-state index in [1.54, 1.807) is 18.3 Å². The van der Waals surface area contributed by atoms with Gasteiger partial charge in [0.05, 0.1) is 11.2 Å². The Bertz CT molecular complexity index is 1050. The third kappa shape index (κ3) is 2.74. The standard InChI is InChI=1S/C19H12BrN3O/c20-13-8-9-18(24)14(10-13)16-6-3-7-17(22-16)19-21-11-12-4-1-2-5-15(12)23-19/h1-11,24H. The van der Waals surface area contributed by atoms with E-state index in [9.17, 15) is 5.11 Å². The molecule has 0 aliphatic carbocycles. The number of hydrogen-bond acceptors (Lipinski definition) is 4. The lowest BCUT2D eigenvalue weighted by Gasteiger charge is -2.07. The molecule has 0 saturated carbocycles. The number of aromatic hydroxyl groups is 1. The van der Waals surface area contributed by atoms with Crippen LogP contribution in [0.3, 0.4) is 0 Å². The van der Waals surface area contributed by atoms with Crippen molar-refractivity contribution in [3.05, 3.63) is 71.3 Å². The molecule has 4 aromatic rings. The fraction of sp³-hybridized carbons (Fsp3) is 0. The first-order chi connectivity index (χ1) is 11.7. The van der Waals surface area contributed by atoms with Crippen molar-refractivity contribution < 1.29 is 5.11 Å². The van der Waals surface area contributed by atoms with Crippen molar-refractivity contribution in [2.75, 3.05) is 0 Å². The van der Waals surface area contributed by atoms with Crippen molar-refractivity contribution in [1.82, 2.24) is 15.0 Å². The molecular formula is C19H12BrN3O. The van der Waals surface area contributed by atoms with Crippen LogP contribution in [0.15, 0.2) is 71.3 Å². The Kier molecular flexibility index (Phi) is 3.70. The summed E-state index contributed by atoms with van der Waals surface area (Å²) >= 11 is 3.42. The third-order valence-corrected chi connectivity index (χ3v) is 4.20. The number of rotatable bonds is 2. The van der Waals surface area contributed by atoms with Crippen molar-refractivity contribution in [3.8, 4) is 28.5 Å². The average Bonchev–Trinajstić information content (AvgIpc) is 2.63. The van der Waals surface area contributed by atoms with Gasteiger partial charge in [-0.25, -0.2) is 15.0 Å². The Labute approximate surface area is 147 Å². The quantitative estimate of drug-likeness (QED) is 0.543. The van der Waals surface area contributed by atoms with Gasteiger partial charge in [0.25, 0.3) is 0 Å². The maximum Gasteiger partial charge on any atom is 0.178 e. The van der Waals surface area contributed by atoms with Gasteiger partial charge >= 0.3 is 0 Å². The maximum atomic E-state index is 10.1. The first-order valence-corrected chi connectivity index (χ1v) is 8.18. The van der Waals surface area contributed by atoms with E-state index in [4.69, 9.17) is 0 Å². The smallest absolute Gasteiger partial charge is 0.178 e. The van der Waals surface area contributed by atoms with Gasteiger partial charge in [0.2, 0.25) is 0 Å². The number of benzene rings is 2. The van der Waals surface area contributed by atoms with Crippen LogP contribution in [0.4, 0.5) is 0 Å². The monoisotopic (exact) mass is 377 g/mol. The molecule has 0 bridgehead atoms. The molecule has 4 nitrogen and oxygen atoms in total. The van der Waals surface area contributed by atoms with Crippen LogP contribution in [0.1, 0.15) is 0 Å². The molecule has 116 valence electrons. The molecule has 2 heterocycles. The van der Waals surface area contributed by atoms with Crippen LogP contribution in [0.5, 0.6) is 5.75 Å². The lowest BCUT2D eigenvalue weighted by atomic mass is 10.1. The Balaban J connectivity index is 1.83. The van der Waals surface area contributed by atoms with Crippen LogP contribution in [-0.2, 0) is 0 Å². The summed E-state index contributed by atoms with van der Waals surface area (Å²) in [6.07, 6.45) is 1.79. The first-order valence-electron chi connectivity index (χ1n) is 7.39. The summed E-state index contributed by atoms with van der Waals surface area (Å²) in [6, 6.07) is 18.7. The Morgan fingerprint density at radius 2 is 1.67 bits per heavy atom. The number of phenolic OH excluding ortho intramolecular Hbond substituents is 1. The molecule has 0 aliphatic heterocycles. The third-order valence-electron chi connectivity index (χ3n) is 3.70. The largest absolute Gasteiger partial charge is 0.507 e. The predicted octanol–water partition coefficient (Wildman–Crippen LogP) is 4.83. The van der Waals surface area contributed by atoms with E-state index in [2.05, 4.69) is 30.9 Å². The van der Waals surface area contributed by atoms with Gasteiger partial charge < -0.3 is 5.11 Å². The highest BCUT2D eigenvalue weighted by atomic mass is 79.9. The van der Waals surface area contributed by atoms with E-state index in [1.807, 2.05) is 48.5 Å². The molecule has 0 unspecified atom stereocenters. The van der Waals surface area contributed by atoms with Gasteiger partial charge in [-0.05, 0) is 36.4 Å². The van der Waals surface area contributed by atoms with Crippen molar-refractivity contribution in [3.63, 3.8) is 0 Å².